The van der Waals surface area contributed by atoms with Crippen molar-refractivity contribution in [3.63, 3.8) is 0 Å². The molecular formula is C8H6BrO2P. The smallest absolute Gasteiger partial charge is 0.338 e. The highest BCUT2D eigenvalue weighted by molar-refractivity contribution is 9.10. The predicted octanol–water partition coefficient (Wildman–Crippen LogP) is 1.62. The summed E-state index contributed by atoms with van der Waals surface area (Å²) in [6.45, 7) is 0.395. The number of cyclic esters (lactones) is 1. The van der Waals surface area contributed by atoms with Crippen LogP contribution in [-0.2, 0) is 11.3 Å². The second-order valence-electron chi connectivity index (χ2n) is 2.56. The average molecular weight is 245 g/mol. The highest BCUT2D eigenvalue weighted by Gasteiger charge is 2.23. The minimum Gasteiger partial charge on any atom is -0.457 e. The van der Waals surface area contributed by atoms with E-state index in [2.05, 4.69) is 25.2 Å². The van der Waals surface area contributed by atoms with Crippen molar-refractivity contribution in [3.05, 3.63) is 27.7 Å². The Morgan fingerprint density at radius 2 is 2.25 bits per heavy atom. The van der Waals surface area contributed by atoms with Crippen LogP contribution >= 0.6 is 25.2 Å². The van der Waals surface area contributed by atoms with Crippen molar-refractivity contribution in [3.8, 4) is 0 Å². The minimum absolute atomic E-state index is 0.221. The molecule has 2 rings (SSSR count). The first-order valence-corrected chi connectivity index (χ1v) is 4.81. The lowest BCUT2D eigenvalue weighted by atomic mass is 10.1. The van der Waals surface area contributed by atoms with Crippen LogP contribution in [0, 0.1) is 0 Å². The summed E-state index contributed by atoms with van der Waals surface area (Å²) in [5.74, 6) is -0.221. The minimum atomic E-state index is -0.221. The first-order valence-electron chi connectivity index (χ1n) is 3.44. The van der Waals surface area contributed by atoms with Gasteiger partial charge in [0.2, 0.25) is 0 Å². The maximum Gasteiger partial charge on any atom is 0.338 e. The van der Waals surface area contributed by atoms with Gasteiger partial charge in [-0.3, -0.25) is 0 Å². The highest BCUT2D eigenvalue weighted by atomic mass is 79.9. The first kappa shape index (κ1) is 8.21. The maximum atomic E-state index is 11.1. The van der Waals surface area contributed by atoms with Crippen molar-refractivity contribution in [2.45, 2.75) is 6.61 Å². The molecule has 0 fully saturated rings. The lowest BCUT2D eigenvalue weighted by molar-refractivity contribution is 0.0535. The monoisotopic (exact) mass is 244 g/mol. The normalized spacial score (nSPS) is 14.3. The van der Waals surface area contributed by atoms with E-state index in [1.807, 2.05) is 6.07 Å². The van der Waals surface area contributed by atoms with Crippen LogP contribution in [0.5, 0.6) is 0 Å². The van der Waals surface area contributed by atoms with Crippen LogP contribution in [0.2, 0.25) is 0 Å². The first-order chi connectivity index (χ1) is 5.70. The zero-order chi connectivity index (χ0) is 8.72. The van der Waals surface area contributed by atoms with Crippen LogP contribution in [0.25, 0.3) is 0 Å². The molecule has 0 amide bonds. The third-order valence-corrected chi connectivity index (χ3v) is 3.64. The number of halogens is 1. The Kier molecular flexibility index (Phi) is 1.93. The van der Waals surface area contributed by atoms with Gasteiger partial charge in [-0.15, -0.1) is 9.24 Å². The van der Waals surface area contributed by atoms with Gasteiger partial charge in [-0.1, -0.05) is 15.9 Å². The number of ether oxygens (including phenoxy) is 1. The van der Waals surface area contributed by atoms with Crippen LogP contribution in [0.15, 0.2) is 16.6 Å². The van der Waals surface area contributed by atoms with E-state index < -0.39 is 0 Å². The Morgan fingerprint density at radius 1 is 1.50 bits per heavy atom. The number of benzene rings is 1. The van der Waals surface area contributed by atoms with Crippen molar-refractivity contribution in [2.24, 2.45) is 0 Å². The van der Waals surface area contributed by atoms with E-state index in [0.29, 0.717) is 12.2 Å². The molecule has 1 atom stereocenters. The fraction of sp³-hybridized carbons (Fsp3) is 0.125. The Hall–Kier alpha value is -0.400. The summed E-state index contributed by atoms with van der Waals surface area (Å²) in [6, 6.07) is 3.63. The number of esters is 1. The van der Waals surface area contributed by atoms with Gasteiger partial charge in [0.05, 0.1) is 5.56 Å². The maximum absolute atomic E-state index is 11.1. The summed E-state index contributed by atoms with van der Waals surface area (Å²) < 4.78 is 5.88. The quantitative estimate of drug-likeness (QED) is 0.512. The van der Waals surface area contributed by atoms with Gasteiger partial charge in [-0.05, 0) is 17.4 Å². The molecule has 4 heteroatoms. The summed E-state index contributed by atoms with van der Waals surface area (Å²) in [5, 5.41) is 1.01. The molecule has 2 nitrogen and oxygen atoms in total. The molecule has 1 heterocycles. The van der Waals surface area contributed by atoms with Crippen LogP contribution in [-0.4, -0.2) is 5.97 Å². The summed E-state index contributed by atoms with van der Waals surface area (Å²) in [4.78, 5) is 11.1. The molecule has 0 radical (unpaired) electrons. The molecule has 0 N–H and O–H groups in total. The predicted molar refractivity (Wildman–Crippen MR) is 52.6 cm³/mol. The Labute approximate surface area is 80.6 Å². The molecule has 0 saturated heterocycles. The molecule has 0 aromatic heterocycles. The van der Waals surface area contributed by atoms with Gasteiger partial charge >= 0.3 is 5.97 Å². The number of fused-ring (bicyclic) bond motifs is 1. The lowest BCUT2D eigenvalue weighted by Crippen LogP contribution is -2.03. The number of carbonyl (C=O) groups is 1. The van der Waals surface area contributed by atoms with Gasteiger partial charge in [-0.25, -0.2) is 4.79 Å². The summed E-state index contributed by atoms with van der Waals surface area (Å²) in [6.07, 6.45) is 0. The fourth-order valence-electron chi connectivity index (χ4n) is 1.20. The summed E-state index contributed by atoms with van der Waals surface area (Å²) in [7, 11) is 2.60. The van der Waals surface area contributed by atoms with Crippen molar-refractivity contribution in [1.82, 2.24) is 0 Å². The number of carbonyl (C=O) groups excluding carboxylic acids is 1. The van der Waals surface area contributed by atoms with E-state index in [-0.39, 0.29) is 5.97 Å². The van der Waals surface area contributed by atoms with Crippen molar-refractivity contribution in [1.29, 1.82) is 0 Å². The summed E-state index contributed by atoms with van der Waals surface area (Å²) in [5.41, 5.74) is 1.66. The summed E-state index contributed by atoms with van der Waals surface area (Å²) >= 11 is 3.38. The Morgan fingerprint density at radius 3 is 3.00 bits per heavy atom. The molecular weight excluding hydrogens is 239 g/mol. The second kappa shape index (κ2) is 2.82. The van der Waals surface area contributed by atoms with E-state index in [9.17, 15) is 4.79 Å². The van der Waals surface area contributed by atoms with Gasteiger partial charge in [0.15, 0.2) is 0 Å². The van der Waals surface area contributed by atoms with Crippen LogP contribution in [0.1, 0.15) is 15.9 Å². The van der Waals surface area contributed by atoms with E-state index in [0.717, 1.165) is 15.3 Å². The fourth-order valence-corrected chi connectivity index (χ4v) is 1.90. The van der Waals surface area contributed by atoms with Crippen molar-refractivity contribution >= 4 is 36.4 Å². The van der Waals surface area contributed by atoms with E-state index in [4.69, 9.17) is 4.74 Å². The molecule has 0 aliphatic carbocycles. The molecule has 0 spiro atoms. The molecule has 1 unspecified atom stereocenters. The third-order valence-electron chi connectivity index (χ3n) is 1.87. The Balaban J connectivity index is 2.68. The van der Waals surface area contributed by atoms with E-state index >= 15 is 0 Å². The topological polar surface area (TPSA) is 26.3 Å². The number of hydrogen-bond acceptors (Lipinski definition) is 2. The standard InChI is InChI=1S/C8H6BrO2P/c9-6-2-1-4-5(7(6)12)3-11-8(4)10/h1-2H,3,12H2. The molecule has 1 aliphatic heterocycles. The zero-order valence-electron chi connectivity index (χ0n) is 6.13. The van der Waals surface area contributed by atoms with E-state index in [1.165, 1.54) is 0 Å². The average Bonchev–Trinajstić information content (AvgIpc) is 2.41. The molecule has 12 heavy (non-hydrogen) atoms. The van der Waals surface area contributed by atoms with E-state index in [1.54, 1.807) is 6.07 Å². The molecule has 1 aromatic rings. The second-order valence-corrected chi connectivity index (χ2v) is 3.99. The number of hydrogen-bond donors (Lipinski definition) is 0. The lowest BCUT2D eigenvalue weighted by Gasteiger charge is -2.01. The van der Waals surface area contributed by atoms with Crippen LogP contribution in [0.4, 0.5) is 0 Å². The van der Waals surface area contributed by atoms with Crippen LogP contribution < -0.4 is 5.30 Å². The van der Waals surface area contributed by atoms with Gasteiger partial charge in [0.25, 0.3) is 0 Å². The largest absolute Gasteiger partial charge is 0.457 e. The van der Waals surface area contributed by atoms with Crippen molar-refractivity contribution in [2.75, 3.05) is 0 Å². The zero-order valence-corrected chi connectivity index (χ0v) is 8.87. The SMILES string of the molecule is O=C1OCc2c1ccc(Br)c2P. The highest BCUT2D eigenvalue weighted by Crippen LogP contribution is 2.23. The Bertz CT molecular complexity index is 362. The number of rotatable bonds is 0. The van der Waals surface area contributed by atoms with Gasteiger partial charge in [-0.2, -0.15) is 0 Å². The molecule has 0 saturated carbocycles. The van der Waals surface area contributed by atoms with Gasteiger partial charge in [0.1, 0.15) is 6.61 Å². The molecule has 1 aromatic carbocycles. The molecule has 1 aliphatic rings. The molecule has 0 bridgehead atoms. The van der Waals surface area contributed by atoms with Crippen molar-refractivity contribution < 1.29 is 9.53 Å². The van der Waals surface area contributed by atoms with Gasteiger partial charge in [0, 0.05) is 10.0 Å². The van der Waals surface area contributed by atoms with Gasteiger partial charge < -0.3 is 4.74 Å². The van der Waals surface area contributed by atoms with Crippen LogP contribution in [0.3, 0.4) is 0 Å². The third kappa shape index (κ3) is 1.08. The molecule has 62 valence electrons.